The summed E-state index contributed by atoms with van der Waals surface area (Å²) in [6.45, 7) is -5.88. The van der Waals surface area contributed by atoms with Gasteiger partial charge < -0.3 is 45.2 Å². The van der Waals surface area contributed by atoms with Gasteiger partial charge in [-0.25, -0.2) is 9.13 Å². The predicted molar refractivity (Wildman–Crippen MR) is 157 cm³/mol. The monoisotopic (exact) mass is 704 g/mol. The molecule has 9 N–H and O–H groups in total. The number of nitrogens with one attached hydrogen (secondary N) is 2. The first-order chi connectivity index (χ1) is 21.7. The van der Waals surface area contributed by atoms with Crippen molar-refractivity contribution in [1.82, 2.24) is 29.1 Å². The number of fused-ring (bicyclic) bond motifs is 5. The second-order valence-electron chi connectivity index (χ2n) is 10.6. The minimum absolute atomic E-state index is 0.0242. The number of phosphoric acid groups is 1. The third-order valence-corrected chi connectivity index (χ3v) is 10.3. The van der Waals surface area contributed by atoms with Gasteiger partial charge in [0.15, 0.2) is 23.8 Å². The molecule has 248 valence electrons. The van der Waals surface area contributed by atoms with Gasteiger partial charge in [0.25, 0.3) is 11.1 Å². The Morgan fingerprint density at radius 3 is 1.98 bits per heavy atom. The molecule has 7 rings (SSSR count). The highest BCUT2D eigenvalue weighted by Crippen LogP contribution is 2.58. The molecule has 0 radical (unpaired) electrons. The first-order valence-corrected chi connectivity index (χ1v) is 17.6. The van der Waals surface area contributed by atoms with Gasteiger partial charge in [-0.05, 0) is 12.1 Å². The highest BCUT2D eigenvalue weighted by Gasteiger charge is 2.53. The number of nitrogens with zero attached hydrogens (tertiary/aromatic N) is 4. The molecule has 2 bridgehead atoms. The predicted octanol–water partition coefficient (Wildman–Crippen LogP) is -0.901. The maximum atomic E-state index is 13.5. The molecule has 0 amide bonds. The van der Waals surface area contributed by atoms with E-state index in [1.54, 1.807) is 0 Å². The van der Waals surface area contributed by atoms with E-state index >= 15 is 0 Å². The summed E-state index contributed by atoms with van der Waals surface area (Å²) in [5.41, 5.74) is 10.3. The quantitative estimate of drug-likeness (QED) is 0.0926. The van der Waals surface area contributed by atoms with Crippen molar-refractivity contribution in [3.8, 4) is 0 Å². The zero-order valence-electron chi connectivity index (χ0n) is 23.1. The maximum Gasteiger partial charge on any atom is 0.472 e. The van der Waals surface area contributed by atoms with Crippen LogP contribution in [0, 0.1) is 0 Å². The van der Waals surface area contributed by atoms with E-state index in [0.29, 0.717) is 0 Å². The van der Waals surface area contributed by atoms with Crippen LogP contribution in [0.2, 0.25) is 0 Å². The lowest BCUT2D eigenvalue weighted by molar-refractivity contribution is -0.0617. The van der Waals surface area contributed by atoms with Gasteiger partial charge in [0.05, 0.1) is 24.0 Å². The lowest BCUT2D eigenvalue weighted by Gasteiger charge is -2.26. The summed E-state index contributed by atoms with van der Waals surface area (Å²) in [7, 11) is -5.05. The highest BCUT2D eigenvalue weighted by atomic mass is 32.7. The molecule has 21 nitrogen and oxygen atoms in total. The fourth-order valence-electron chi connectivity index (χ4n) is 5.64. The average molecular weight is 705 g/mol. The molecule has 3 saturated heterocycles. The summed E-state index contributed by atoms with van der Waals surface area (Å²) in [5.74, 6) is -0.438. The molecular weight excluding hydrogens is 678 g/mol. The standard InChI is InChI=1S/C22H26N8O13P2S/c23-21-25-15-7(17(33)27-21)1-3-29(15)19-12(32)13-10(41-19)6-39-45(37,46)43-14-11(31)9(5-38-44(35,36)42-13)40-20(14)30-4-2-8-16(30)26-22(24)28-18(8)34/h1-4,9-14,19-20,31-32H,5-6H2,(H,35,36)(H,37,46)(H3,23,25,27,33)(H3,24,26,28,34). The number of aromatic nitrogens is 6. The summed E-state index contributed by atoms with van der Waals surface area (Å²) < 4.78 is 62.6. The van der Waals surface area contributed by atoms with Gasteiger partial charge in [-0.3, -0.25) is 37.7 Å². The highest BCUT2D eigenvalue weighted by molar-refractivity contribution is 8.44. The fourth-order valence-corrected chi connectivity index (χ4v) is 8.06. The lowest BCUT2D eigenvalue weighted by Crippen LogP contribution is -2.36. The molecule has 0 spiro atoms. The molecule has 46 heavy (non-hydrogen) atoms. The Kier molecular flexibility index (Phi) is 7.70. The number of thiol groups is 1. The number of H-pyrrole nitrogens is 2. The van der Waals surface area contributed by atoms with E-state index in [2.05, 4.69) is 32.2 Å². The molecule has 3 aliphatic rings. The summed E-state index contributed by atoms with van der Waals surface area (Å²) in [6, 6.07) is 2.79. The van der Waals surface area contributed by atoms with Crippen molar-refractivity contribution >= 4 is 60.8 Å². The van der Waals surface area contributed by atoms with Crippen molar-refractivity contribution in [3.05, 3.63) is 45.2 Å². The zero-order valence-corrected chi connectivity index (χ0v) is 25.7. The van der Waals surface area contributed by atoms with Crippen molar-refractivity contribution in [3.63, 3.8) is 0 Å². The van der Waals surface area contributed by atoms with Gasteiger partial charge in [0, 0.05) is 12.4 Å². The second kappa shape index (κ2) is 11.3. The number of hydrogen-bond acceptors (Lipinski definition) is 16. The molecule has 0 aliphatic carbocycles. The van der Waals surface area contributed by atoms with Crippen LogP contribution in [0.5, 0.6) is 0 Å². The summed E-state index contributed by atoms with van der Waals surface area (Å²) in [5, 5.41) is 22.5. The molecule has 10 unspecified atom stereocenters. The van der Waals surface area contributed by atoms with Crippen molar-refractivity contribution in [1.29, 1.82) is 0 Å². The molecule has 4 aromatic rings. The van der Waals surface area contributed by atoms with Crippen LogP contribution >= 0.6 is 26.9 Å². The van der Waals surface area contributed by atoms with Gasteiger partial charge in [-0.15, -0.1) is 0 Å². The van der Waals surface area contributed by atoms with Gasteiger partial charge in [-0.1, -0.05) is 12.2 Å². The Bertz CT molecular complexity index is 2050. The molecule has 7 heterocycles. The smallest absolute Gasteiger partial charge is 0.387 e. The third kappa shape index (κ3) is 5.49. The number of aliphatic hydroxyl groups is 2. The largest absolute Gasteiger partial charge is 0.472 e. The topological polar surface area (TPSA) is 304 Å². The first kappa shape index (κ1) is 31.5. The first-order valence-electron chi connectivity index (χ1n) is 13.4. The number of phosphoric ester groups is 1. The number of hydrogen-bond donors (Lipinski definition) is 8. The molecule has 3 aliphatic heterocycles. The zero-order chi connectivity index (χ0) is 32.7. The van der Waals surface area contributed by atoms with Crippen molar-refractivity contribution in [2.45, 2.75) is 49.1 Å². The Morgan fingerprint density at radius 1 is 0.826 bits per heavy atom. The lowest BCUT2D eigenvalue weighted by atomic mass is 10.1. The number of nitrogens with two attached hydrogens (primary N) is 2. The van der Waals surface area contributed by atoms with Gasteiger partial charge in [-0.2, -0.15) is 9.97 Å². The molecular formula is C22H26N8O13P2S. The number of rotatable bonds is 2. The van der Waals surface area contributed by atoms with Gasteiger partial charge in [0.1, 0.15) is 36.6 Å². The minimum Gasteiger partial charge on any atom is -0.387 e. The summed E-state index contributed by atoms with van der Waals surface area (Å²) >= 11 is 4.05. The average Bonchev–Trinajstić information content (AvgIpc) is 3.72. The van der Waals surface area contributed by atoms with E-state index in [-0.39, 0.29) is 34.0 Å². The van der Waals surface area contributed by atoms with Crippen LogP contribution in [0.3, 0.4) is 0 Å². The Hall–Kier alpha value is -3.11. The van der Waals surface area contributed by atoms with Crippen molar-refractivity contribution < 1.29 is 51.8 Å². The Labute approximate surface area is 260 Å². The normalized spacial score (nSPS) is 37.1. The number of aromatic amines is 2. The van der Waals surface area contributed by atoms with E-state index < -0.39 is 88.0 Å². The van der Waals surface area contributed by atoms with Crippen molar-refractivity contribution in [2.24, 2.45) is 0 Å². The number of ether oxygens (including phenoxy) is 2. The van der Waals surface area contributed by atoms with E-state index in [1.807, 2.05) is 0 Å². The van der Waals surface area contributed by atoms with Gasteiger partial charge >= 0.3 is 14.6 Å². The van der Waals surface area contributed by atoms with Gasteiger partial charge in [0.2, 0.25) is 11.9 Å². The molecule has 24 heteroatoms. The van der Waals surface area contributed by atoms with Crippen molar-refractivity contribution in [2.75, 3.05) is 24.7 Å². The van der Waals surface area contributed by atoms with E-state index in [9.17, 15) is 33.8 Å². The summed E-state index contributed by atoms with van der Waals surface area (Å²) in [4.78, 5) is 48.2. The number of nitrogen functional groups attached to an aromatic ring is 2. The molecule has 4 aromatic heterocycles. The minimum atomic E-state index is -5.05. The fraction of sp³-hybridized carbons (Fsp3) is 0.455. The molecule has 3 fully saturated rings. The maximum absolute atomic E-state index is 13.5. The van der Waals surface area contributed by atoms with Crippen LogP contribution in [0.4, 0.5) is 11.9 Å². The Balaban J connectivity index is 1.21. The SMILES string of the molecule is Nc1nc2c(ccn2C2OC3COP(=O)(S)OC4C(O)C(COP(=O)(O)OC3C2O)OC4n2ccc3c(=O)[nH]c(N)nc32)c(=O)[nH]1. The van der Waals surface area contributed by atoms with Crippen LogP contribution in [0.25, 0.3) is 22.1 Å². The van der Waals surface area contributed by atoms with E-state index in [1.165, 1.54) is 33.7 Å². The number of anilines is 2. The van der Waals surface area contributed by atoms with Crippen LogP contribution < -0.4 is 22.6 Å². The second-order valence-corrected chi connectivity index (χ2v) is 14.9. The van der Waals surface area contributed by atoms with Crippen LogP contribution in [0.1, 0.15) is 12.5 Å². The number of aliphatic hydroxyl groups excluding tert-OH is 2. The summed E-state index contributed by atoms with van der Waals surface area (Å²) in [6.07, 6.45) is -9.24. The van der Waals surface area contributed by atoms with E-state index in [4.69, 9.17) is 39.0 Å². The van der Waals surface area contributed by atoms with Crippen LogP contribution in [-0.2, 0) is 36.7 Å². The Morgan fingerprint density at radius 2 is 1.37 bits per heavy atom. The molecule has 10 atom stereocenters. The third-order valence-electron chi connectivity index (χ3n) is 7.68. The molecule has 0 aromatic carbocycles. The van der Waals surface area contributed by atoms with E-state index in [0.717, 1.165) is 0 Å². The molecule has 0 saturated carbocycles. The van der Waals surface area contributed by atoms with Crippen LogP contribution in [-0.4, -0.2) is 94.0 Å². The van der Waals surface area contributed by atoms with Crippen LogP contribution in [0.15, 0.2) is 34.1 Å².